The van der Waals surface area contributed by atoms with Crippen molar-refractivity contribution in [1.82, 2.24) is 84.0 Å². The minimum Gasteiger partial charge on any atom is -0.508 e. The van der Waals surface area contributed by atoms with Crippen LogP contribution in [-0.4, -0.2) is 269 Å². The predicted octanol–water partition coefficient (Wildman–Crippen LogP) is -6.26. The number of nitrogens with two attached hydrogens (primary N) is 3. The number of aliphatic imine (C=N–C) groups is 1. The lowest BCUT2D eigenvalue weighted by Crippen LogP contribution is -2.62. The van der Waals surface area contributed by atoms with E-state index in [0.717, 1.165) is 18.7 Å². The molecule has 42 heteroatoms. The Labute approximate surface area is 665 Å². The number of carbonyl (C=O) groups excluding carboxylic acids is 14. The Kier molecular flexibility index (Phi) is 41.1. The molecular formula is C73H118N20O22. The number of aromatic amines is 1. The third-order valence-electron chi connectivity index (χ3n) is 18.9. The number of imidazole rings is 1. The van der Waals surface area contributed by atoms with Crippen LogP contribution in [0.15, 0.2) is 41.8 Å². The number of rotatable bonds is 49. The van der Waals surface area contributed by atoms with Crippen LogP contribution in [0.4, 0.5) is 0 Å². The number of phenols is 1. The smallest absolute Gasteiger partial charge is 0.328 e. The van der Waals surface area contributed by atoms with Gasteiger partial charge in [-0.25, -0.2) is 9.78 Å². The van der Waals surface area contributed by atoms with Crippen LogP contribution in [0.2, 0.25) is 0 Å². The number of aromatic nitrogens is 2. The number of hydrogen-bond acceptors (Lipinski definition) is 23. The van der Waals surface area contributed by atoms with E-state index in [1.165, 1.54) is 38.5 Å². The number of guanidine groups is 1. The molecule has 0 radical (unpaired) electrons. The average Bonchev–Trinajstić information content (AvgIpc) is 1.81. The van der Waals surface area contributed by atoms with Crippen molar-refractivity contribution in [2.24, 2.45) is 45.9 Å². The number of benzene rings is 1. The molecule has 0 saturated carbocycles. The SMILES string of the molecule is CC[C@H](C)[C@H](NC(=O)[C@H](CC(C)C)NC(=O)[C@H](Cc1cnc[nH]1)NC(=O)[C@H](C)NC(=O)[C@H](CC(C)C)NC(=O)[C@H](CC(=O)O)NC(=O)CNC(=O)[C@H](CCCN=C(N)N)NC(=O)[C@@H]1CCCN1C(=O)[C@H](CO)NC(=O)[C@H](C)NC(=O)[C@@H](NC(=O)[C@@H](N)Cc1ccc(O)cc1)[C@@H](C)CC)C(=O)N[C@H](C(=O)N[C@H](C(=O)O)[C@@H](C)O)[C@@H](C)O. The van der Waals surface area contributed by atoms with Gasteiger partial charge in [-0.05, 0) is 114 Å². The summed E-state index contributed by atoms with van der Waals surface area (Å²) in [4.78, 5) is 230. The molecule has 1 aliphatic heterocycles. The van der Waals surface area contributed by atoms with Gasteiger partial charge < -0.3 is 127 Å². The molecule has 2 heterocycles. The number of carboxylic acids is 2. The van der Waals surface area contributed by atoms with E-state index >= 15 is 0 Å². The van der Waals surface area contributed by atoms with Crippen LogP contribution in [0.1, 0.15) is 152 Å². The largest absolute Gasteiger partial charge is 0.508 e. The van der Waals surface area contributed by atoms with Crippen LogP contribution in [0.3, 0.4) is 0 Å². The second-order valence-corrected chi connectivity index (χ2v) is 29.6. The number of nitrogens with zero attached hydrogens (tertiary/aromatic N) is 3. The van der Waals surface area contributed by atoms with Crippen molar-refractivity contribution in [3.63, 3.8) is 0 Å². The van der Waals surface area contributed by atoms with Crippen molar-refractivity contribution in [3.05, 3.63) is 48.0 Å². The van der Waals surface area contributed by atoms with E-state index in [1.807, 2.05) is 0 Å². The van der Waals surface area contributed by atoms with E-state index in [0.29, 0.717) is 17.7 Å². The number of nitrogens with one attached hydrogen (secondary N) is 14. The minimum absolute atomic E-state index is 0.0130. The highest BCUT2D eigenvalue weighted by molar-refractivity contribution is 6.01. The summed E-state index contributed by atoms with van der Waals surface area (Å²) < 4.78 is 0. The molecule has 642 valence electrons. The molecule has 0 unspecified atom stereocenters. The van der Waals surface area contributed by atoms with Gasteiger partial charge in [0.25, 0.3) is 0 Å². The fraction of sp³-hybridized carbons (Fsp3) is 0.644. The van der Waals surface area contributed by atoms with Crippen LogP contribution in [0, 0.1) is 23.7 Å². The number of aliphatic hydroxyl groups is 3. The first-order valence-electron chi connectivity index (χ1n) is 38.1. The van der Waals surface area contributed by atoms with Crippen molar-refractivity contribution < 1.29 is 107 Å². The molecule has 0 bridgehead atoms. The molecule has 3 rings (SSSR count). The number of likely N-dealkylation sites (tertiary alicyclic amines) is 1. The van der Waals surface area contributed by atoms with Gasteiger partial charge in [-0.3, -0.25) is 76.9 Å². The van der Waals surface area contributed by atoms with Crippen LogP contribution in [0.5, 0.6) is 5.75 Å². The summed E-state index contributed by atoms with van der Waals surface area (Å²) in [7, 11) is 0. The van der Waals surface area contributed by atoms with Gasteiger partial charge in [-0.1, -0.05) is 80.4 Å². The number of hydrogen-bond donors (Lipinski definition) is 23. The van der Waals surface area contributed by atoms with Gasteiger partial charge >= 0.3 is 11.9 Å². The molecular weight excluding hydrogens is 1510 g/mol. The highest BCUT2D eigenvalue weighted by atomic mass is 16.4. The van der Waals surface area contributed by atoms with E-state index in [4.69, 9.17) is 17.2 Å². The van der Waals surface area contributed by atoms with E-state index in [1.54, 1.807) is 67.5 Å². The first kappa shape index (κ1) is 98.1. The quantitative estimate of drug-likeness (QED) is 0.0166. The van der Waals surface area contributed by atoms with Crippen molar-refractivity contribution in [2.75, 3.05) is 26.2 Å². The number of carbonyl (C=O) groups is 16. The van der Waals surface area contributed by atoms with Crippen LogP contribution in [-0.2, 0) is 89.6 Å². The molecule has 1 fully saturated rings. The molecule has 26 N–H and O–H groups in total. The highest BCUT2D eigenvalue weighted by Gasteiger charge is 2.42. The summed E-state index contributed by atoms with van der Waals surface area (Å²) in [5, 5.41) is 91.7. The number of aromatic hydroxyl groups is 1. The number of aliphatic hydroxyl groups excluding tert-OH is 3. The van der Waals surface area contributed by atoms with Gasteiger partial charge in [0.05, 0.1) is 44.1 Å². The van der Waals surface area contributed by atoms with Gasteiger partial charge in [0, 0.05) is 31.4 Å². The number of phenolic OH excluding ortho intramolecular Hbond substituents is 1. The van der Waals surface area contributed by atoms with Crippen LogP contribution < -0.4 is 86.3 Å². The third kappa shape index (κ3) is 33.1. The standard InChI is InChI=1S/C73H118N20O22/c1-13-36(7)55(89-61(103)45(74)27-42-19-21-44(97)22-20-42)68(110)82-39(10)60(102)88-51(32-94)71(113)93-24-16-18-52(93)67(109)84-46(17-15-23-78-73(75)76)62(104)79-31-53(98)83-50(29-54(99)100)65(107)86-47(25-34(3)4)63(105)81-38(9)59(101)85-49(28-43-30-77-33-80-43)64(106)87-48(26-35(5)6)66(108)90-56(37(8)14-2)69(111)91-57(40(11)95)70(112)92-58(41(12)96)72(114)115/h19-22,30,33-41,45-52,55-58,94-97H,13-18,23-29,31-32,74H2,1-12H3,(H,77,80)(H,79,104)(H,81,105)(H,82,110)(H,83,98)(H,84,109)(H,85,101)(H,86,107)(H,87,106)(H,88,102)(H,89,103)(H,90,108)(H,91,111)(H,92,112)(H,99,100)(H,114,115)(H4,75,76,78)/t36-,37-,38-,39-,40+,41+,45-,46-,47-,48-,49-,50-,51-,52-,55-,56-,57-,58-/m0/s1. The molecule has 42 nitrogen and oxygen atoms in total. The summed E-state index contributed by atoms with van der Waals surface area (Å²) in [6, 6.07) is -14.9. The summed E-state index contributed by atoms with van der Waals surface area (Å²) in [6.45, 7) is 16.3. The first-order chi connectivity index (χ1) is 53.9. The molecule has 115 heavy (non-hydrogen) atoms. The lowest BCUT2D eigenvalue weighted by atomic mass is 9.96. The van der Waals surface area contributed by atoms with Crippen LogP contribution in [0.25, 0.3) is 0 Å². The lowest BCUT2D eigenvalue weighted by molar-refractivity contribution is -0.146. The summed E-state index contributed by atoms with van der Waals surface area (Å²) in [5.74, 6) is -18.7. The number of amides is 14. The van der Waals surface area contributed by atoms with E-state index in [-0.39, 0.29) is 94.4 Å². The number of aliphatic carboxylic acids is 2. The van der Waals surface area contributed by atoms with Gasteiger partial charge in [0.1, 0.15) is 78.3 Å². The number of H-pyrrole nitrogens is 1. The summed E-state index contributed by atoms with van der Waals surface area (Å²) in [5.41, 5.74) is 18.1. The van der Waals surface area contributed by atoms with E-state index in [2.05, 4.69) is 84.1 Å². The molecule has 1 saturated heterocycles. The lowest BCUT2D eigenvalue weighted by Gasteiger charge is -2.30. The molecule has 2 aromatic rings. The Morgan fingerprint density at radius 2 is 1.03 bits per heavy atom. The Bertz CT molecular complexity index is 3670. The van der Waals surface area contributed by atoms with Crippen LogP contribution >= 0.6 is 0 Å². The zero-order valence-corrected chi connectivity index (χ0v) is 66.9. The zero-order chi connectivity index (χ0) is 86.8. The Morgan fingerprint density at radius 1 is 0.557 bits per heavy atom. The molecule has 0 spiro atoms. The van der Waals surface area contributed by atoms with Crippen molar-refractivity contribution in [2.45, 2.75) is 251 Å². The summed E-state index contributed by atoms with van der Waals surface area (Å²) >= 11 is 0. The number of carboxylic acid groups (broad SMARTS) is 2. The van der Waals surface area contributed by atoms with Crippen molar-refractivity contribution in [1.29, 1.82) is 0 Å². The molecule has 0 aliphatic carbocycles. The second kappa shape index (κ2) is 48.2. The fourth-order valence-electron chi connectivity index (χ4n) is 11.9. The Morgan fingerprint density at radius 3 is 1.53 bits per heavy atom. The third-order valence-corrected chi connectivity index (χ3v) is 18.9. The van der Waals surface area contributed by atoms with Gasteiger partial charge in [0.15, 0.2) is 12.0 Å². The van der Waals surface area contributed by atoms with Crippen molar-refractivity contribution >= 4 is 101 Å². The zero-order valence-electron chi connectivity index (χ0n) is 66.9. The maximum absolute atomic E-state index is 14.4. The molecule has 1 aromatic heterocycles. The summed E-state index contributed by atoms with van der Waals surface area (Å²) in [6.07, 6.45) is -1.19. The maximum Gasteiger partial charge on any atom is 0.328 e. The minimum atomic E-state index is -1.92. The van der Waals surface area contributed by atoms with E-state index in [9.17, 15) is 107 Å². The van der Waals surface area contributed by atoms with Gasteiger partial charge in [0.2, 0.25) is 82.7 Å². The van der Waals surface area contributed by atoms with Gasteiger partial charge in [-0.2, -0.15) is 0 Å². The first-order valence-corrected chi connectivity index (χ1v) is 38.1. The van der Waals surface area contributed by atoms with Crippen molar-refractivity contribution in [3.8, 4) is 5.75 Å². The molecule has 14 amide bonds. The monoisotopic (exact) mass is 1630 g/mol. The fourth-order valence-corrected chi connectivity index (χ4v) is 11.9. The van der Waals surface area contributed by atoms with E-state index < -0.39 is 223 Å². The predicted molar refractivity (Wildman–Crippen MR) is 412 cm³/mol. The van der Waals surface area contributed by atoms with Gasteiger partial charge in [-0.15, -0.1) is 0 Å². The Hall–Kier alpha value is -11.1. The average molecular weight is 1630 g/mol. The maximum atomic E-state index is 14.4. The molecule has 1 aromatic carbocycles. The normalized spacial score (nSPS) is 17.0. The Balaban J connectivity index is 1.77. The topological polar surface area (TPSA) is 673 Å². The molecule has 1 aliphatic rings. The second-order valence-electron chi connectivity index (χ2n) is 29.6. The highest BCUT2D eigenvalue weighted by Crippen LogP contribution is 2.21. The molecule has 18 atom stereocenters.